The van der Waals surface area contributed by atoms with Crippen LogP contribution in [-0.4, -0.2) is 18.4 Å². The lowest BCUT2D eigenvalue weighted by atomic mass is 10.2. The van der Waals surface area contributed by atoms with Gasteiger partial charge < -0.3 is 0 Å². The van der Waals surface area contributed by atoms with Crippen LogP contribution in [-0.2, 0) is 15.8 Å². The highest BCUT2D eigenvalue weighted by atomic mass is 35.5. The van der Waals surface area contributed by atoms with E-state index in [1.807, 2.05) is 0 Å². The van der Waals surface area contributed by atoms with E-state index in [1.54, 1.807) is 24.3 Å². The van der Waals surface area contributed by atoms with E-state index in [9.17, 15) is 8.42 Å². The summed E-state index contributed by atoms with van der Waals surface area (Å²) in [5.41, 5.74) is 0.342. The summed E-state index contributed by atoms with van der Waals surface area (Å²) in [4.78, 5) is 7.57. The topological polar surface area (TPSA) is 72.0 Å². The molecule has 5 nitrogen and oxygen atoms in total. The van der Waals surface area contributed by atoms with Gasteiger partial charge in [-0.15, -0.1) is 0 Å². The SMILES string of the molecule is O=S(=O)(Cc1c(Cl)cccc1Cl)Nc1ncccn1. The number of benzene rings is 1. The fourth-order valence-corrected chi connectivity index (χ4v) is 3.22. The number of sulfonamides is 1. The lowest BCUT2D eigenvalue weighted by molar-refractivity contribution is 0.600. The molecule has 1 N–H and O–H groups in total. The molecule has 0 radical (unpaired) electrons. The Kier molecular flexibility index (Phi) is 4.24. The van der Waals surface area contributed by atoms with Crippen LogP contribution in [0.5, 0.6) is 0 Å². The molecule has 0 fully saturated rings. The van der Waals surface area contributed by atoms with Crippen molar-refractivity contribution in [3.05, 3.63) is 52.3 Å². The van der Waals surface area contributed by atoms with Crippen molar-refractivity contribution in [3.63, 3.8) is 0 Å². The van der Waals surface area contributed by atoms with Crippen LogP contribution in [0.25, 0.3) is 0 Å². The Labute approximate surface area is 120 Å². The van der Waals surface area contributed by atoms with E-state index in [2.05, 4.69) is 14.7 Å². The first-order valence-corrected chi connectivity index (χ1v) is 7.59. The molecule has 0 aliphatic rings. The van der Waals surface area contributed by atoms with Crippen molar-refractivity contribution in [3.8, 4) is 0 Å². The highest BCUT2D eigenvalue weighted by Crippen LogP contribution is 2.26. The minimum atomic E-state index is -3.68. The summed E-state index contributed by atoms with van der Waals surface area (Å²) in [5.74, 6) is -0.338. The van der Waals surface area contributed by atoms with Crippen molar-refractivity contribution in [1.29, 1.82) is 0 Å². The minimum Gasteiger partial charge on any atom is -0.251 e. The van der Waals surface area contributed by atoms with E-state index >= 15 is 0 Å². The smallest absolute Gasteiger partial charge is 0.239 e. The monoisotopic (exact) mass is 317 g/mol. The van der Waals surface area contributed by atoms with Gasteiger partial charge in [-0.25, -0.2) is 18.4 Å². The van der Waals surface area contributed by atoms with Crippen LogP contribution in [0, 0.1) is 0 Å². The van der Waals surface area contributed by atoms with Crippen LogP contribution < -0.4 is 4.72 Å². The van der Waals surface area contributed by atoms with Gasteiger partial charge in [0.1, 0.15) is 0 Å². The molecule has 0 bridgehead atoms. The summed E-state index contributed by atoms with van der Waals surface area (Å²) in [7, 11) is -3.68. The van der Waals surface area contributed by atoms with Crippen LogP contribution >= 0.6 is 23.2 Å². The first-order chi connectivity index (χ1) is 8.98. The first kappa shape index (κ1) is 14.0. The third-order valence-corrected chi connectivity index (χ3v) is 4.08. The number of nitrogens with one attached hydrogen (secondary N) is 1. The molecule has 100 valence electrons. The number of halogens is 2. The molecule has 0 unspecified atom stereocenters. The second kappa shape index (κ2) is 5.73. The molecule has 19 heavy (non-hydrogen) atoms. The van der Waals surface area contributed by atoms with Crippen LogP contribution in [0.1, 0.15) is 5.56 Å². The average molecular weight is 318 g/mol. The zero-order chi connectivity index (χ0) is 13.9. The van der Waals surface area contributed by atoms with Gasteiger partial charge in [0.2, 0.25) is 16.0 Å². The molecule has 0 saturated carbocycles. The Balaban J connectivity index is 2.23. The Hall–Kier alpha value is -1.37. The second-order valence-corrected chi connectivity index (χ2v) is 6.17. The van der Waals surface area contributed by atoms with Crippen LogP contribution in [0.2, 0.25) is 10.0 Å². The van der Waals surface area contributed by atoms with Gasteiger partial charge in [-0.2, -0.15) is 0 Å². The zero-order valence-electron chi connectivity index (χ0n) is 9.55. The van der Waals surface area contributed by atoms with Crippen molar-refractivity contribution in [2.45, 2.75) is 5.75 Å². The Morgan fingerprint density at radius 3 is 2.21 bits per heavy atom. The van der Waals surface area contributed by atoms with E-state index < -0.39 is 10.0 Å². The highest BCUT2D eigenvalue weighted by Gasteiger charge is 2.17. The van der Waals surface area contributed by atoms with Crippen LogP contribution in [0.4, 0.5) is 5.95 Å². The number of rotatable bonds is 4. The molecule has 2 rings (SSSR count). The van der Waals surface area contributed by atoms with Crippen molar-refractivity contribution in [2.75, 3.05) is 4.72 Å². The van der Waals surface area contributed by atoms with Gasteiger partial charge in [0.05, 0.1) is 5.75 Å². The largest absolute Gasteiger partial charge is 0.251 e. The third kappa shape index (κ3) is 3.79. The maximum Gasteiger partial charge on any atom is 0.239 e. The van der Waals surface area contributed by atoms with Gasteiger partial charge in [-0.05, 0) is 18.2 Å². The lowest BCUT2D eigenvalue weighted by Crippen LogP contribution is -2.17. The number of aromatic nitrogens is 2. The molecule has 0 amide bonds. The van der Waals surface area contributed by atoms with Crippen molar-refractivity contribution < 1.29 is 8.42 Å². The molecular weight excluding hydrogens is 309 g/mol. The van der Waals surface area contributed by atoms with Gasteiger partial charge in [0.25, 0.3) is 0 Å². The fourth-order valence-electron chi connectivity index (χ4n) is 1.39. The summed E-state index contributed by atoms with van der Waals surface area (Å²) in [5, 5.41) is 0.596. The zero-order valence-corrected chi connectivity index (χ0v) is 11.9. The molecule has 0 saturated heterocycles. The minimum absolute atomic E-state index is 0.00526. The standard InChI is InChI=1S/C11H9Cl2N3O2S/c12-9-3-1-4-10(13)8(9)7-19(17,18)16-11-14-5-2-6-15-11/h1-6H,7H2,(H,14,15,16). The van der Waals surface area contributed by atoms with E-state index in [0.717, 1.165) is 0 Å². The summed E-state index contributed by atoms with van der Waals surface area (Å²) in [6.45, 7) is 0. The van der Waals surface area contributed by atoms with E-state index in [0.29, 0.717) is 15.6 Å². The molecule has 1 aromatic heterocycles. The van der Waals surface area contributed by atoms with Gasteiger partial charge in [0, 0.05) is 28.0 Å². The maximum absolute atomic E-state index is 12.0. The molecule has 0 spiro atoms. The maximum atomic E-state index is 12.0. The van der Waals surface area contributed by atoms with E-state index in [-0.39, 0.29) is 11.7 Å². The Bertz CT molecular complexity index is 657. The van der Waals surface area contributed by atoms with Gasteiger partial charge in [-0.3, -0.25) is 4.72 Å². The molecule has 1 heterocycles. The van der Waals surface area contributed by atoms with Crippen molar-refractivity contribution in [1.82, 2.24) is 9.97 Å². The number of anilines is 1. The summed E-state index contributed by atoms with van der Waals surface area (Å²) in [6.07, 6.45) is 2.88. The first-order valence-electron chi connectivity index (χ1n) is 5.18. The van der Waals surface area contributed by atoms with Gasteiger partial charge in [0.15, 0.2) is 0 Å². The predicted molar refractivity (Wildman–Crippen MR) is 74.7 cm³/mol. The predicted octanol–water partition coefficient (Wildman–Crippen LogP) is 2.73. The van der Waals surface area contributed by atoms with E-state index in [4.69, 9.17) is 23.2 Å². The molecule has 1 aromatic carbocycles. The van der Waals surface area contributed by atoms with Gasteiger partial charge >= 0.3 is 0 Å². The number of hydrogen-bond donors (Lipinski definition) is 1. The molecule has 0 aliphatic carbocycles. The average Bonchev–Trinajstić information content (AvgIpc) is 2.35. The molecule has 8 heteroatoms. The Morgan fingerprint density at radius 1 is 1.05 bits per heavy atom. The third-order valence-electron chi connectivity index (χ3n) is 2.21. The molecular formula is C11H9Cl2N3O2S. The summed E-state index contributed by atoms with van der Waals surface area (Å²) in [6, 6.07) is 6.39. The molecule has 2 aromatic rings. The summed E-state index contributed by atoms with van der Waals surface area (Å²) < 4.78 is 26.2. The summed E-state index contributed by atoms with van der Waals surface area (Å²) >= 11 is 11.9. The van der Waals surface area contributed by atoms with Crippen molar-refractivity contribution >= 4 is 39.2 Å². The molecule has 0 atom stereocenters. The second-order valence-electron chi connectivity index (χ2n) is 3.63. The van der Waals surface area contributed by atoms with E-state index in [1.165, 1.54) is 12.4 Å². The molecule has 0 aliphatic heterocycles. The van der Waals surface area contributed by atoms with Crippen LogP contribution in [0.3, 0.4) is 0 Å². The Morgan fingerprint density at radius 2 is 1.63 bits per heavy atom. The number of nitrogens with zero attached hydrogens (tertiary/aromatic N) is 2. The fraction of sp³-hybridized carbons (Fsp3) is 0.0909. The quantitative estimate of drug-likeness (QED) is 0.941. The lowest BCUT2D eigenvalue weighted by Gasteiger charge is -2.09. The highest BCUT2D eigenvalue weighted by molar-refractivity contribution is 7.91. The normalized spacial score (nSPS) is 11.3. The van der Waals surface area contributed by atoms with Crippen molar-refractivity contribution in [2.24, 2.45) is 0 Å². The number of hydrogen-bond acceptors (Lipinski definition) is 4. The van der Waals surface area contributed by atoms with Gasteiger partial charge in [-0.1, -0.05) is 29.3 Å². The van der Waals surface area contributed by atoms with Crippen LogP contribution in [0.15, 0.2) is 36.7 Å².